The maximum Gasteiger partial charge on any atom is 0.249 e. The number of alkyl halides is 2. The van der Waals surface area contributed by atoms with Crippen LogP contribution in [0.25, 0.3) is 0 Å². The molecule has 1 amide bonds. The van der Waals surface area contributed by atoms with Gasteiger partial charge in [-0.2, -0.15) is 0 Å². The molecule has 0 spiro atoms. The highest BCUT2D eigenvalue weighted by molar-refractivity contribution is 5.80. The summed E-state index contributed by atoms with van der Waals surface area (Å²) in [7, 11) is 1.96. The maximum atomic E-state index is 13.2. The van der Waals surface area contributed by atoms with E-state index in [1.54, 1.807) is 11.2 Å². The predicted molar refractivity (Wildman–Crippen MR) is 86.3 cm³/mol. The quantitative estimate of drug-likeness (QED) is 0.819. The molecule has 0 aromatic carbocycles. The van der Waals surface area contributed by atoms with Gasteiger partial charge in [-0.15, -0.1) is 0 Å². The van der Waals surface area contributed by atoms with E-state index in [0.717, 1.165) is 30.9 Å². The van der Waals surface area contributed by atoms with E-state index in [4.69, 9.17) is 4.74 Å². The third-order valence-corrected chi connectivity index (χ3v) is 5.63. The minimum Gasteiger partial charge on any atom is -0.379 e. The third-order valence-electron chi connectivity index (χ3n) is 5.63. The minimum absolute atomic E-state index is 0.138. The van der Waals surface area contributed by atoms with Crippen LogP contribution in [0, 0.1) is 5.92 Å². The standard InChI is InChI=1S/C17H24F2N4O2/c1-21-11-20-15-13(21)2-3-23(16(24)12-8-17(18,19)9-12)14(15)10-22-4-6-25-7-5-22/h11-12,14H,2-10H2,1H3. The van der Waals surface area contributed by atoms with Crippen LogP contribution in [0.3, 0.4) is 0 Å². The molecule has 0 bridgehead atoms. The van der Waals surface area contributed by atoms with Crippen molar-refractivity contribution >= 4 is 5.91 Å². The molecule has 2 aliphatic heterocycles. The summed E-state index contributed by atoms with van der Waals surface area (Å²) in [4.78, 5) is 21.5. The van der Waals surface area contributed by atoms with Crippen LogP contribution in [0.15, 0.2) is 6.33 Å². The number of hydrogen-bond acceptors (Lipinski definition) is 4. The Hall–Kier alpha value is -1.54. The van der Waals surface area contributed by atoms with Gasteiger partial charge in [0.1, 0.15) is 0 Å². The van der Waals surface area contributed by atoms with Crippen molar-refractivity contribution in [2.24, 2.45) is 13.0 Å². The molecule has 0 radical (unpaired) electrons. The van der Waals surface area contributed by atoms with Crippen LogP contribution in [-0.4, -0.2) is 70.6 Å². The van der Waals surface area contributed by atoms with Gasteiger partial charge in [-0.05, 0) is 0 Å². The molecule has 8 heteroatoms. The second-order valence-corrected chi connectivity index (χ2v) is 7.36. The Labute approximate surface area is 145 Å². The number of nitrogens with zero attached hydrogens (tertiary/aromatic N) is 4. The van der Waals surface area contributed by atoms with E-state index in [9.17, 15) is 13.6 Å². The average Bonchev–Trinajstić information content (AvgIpc) is 2.95. The summed E-state index contributed by atoms with van der Waals surface area (Å²) in [5, 5.41) is 0. The molecule has 1 unspecified atom stereocenters. The van der Waals surface area contributed by atoms with Gasteiger partial charge in [-0.25, -0.2) is 13.8 Å². The number of amides is 1. The number of rotatable bonds is 3. The molecule has 1 aromatic heterocycles. The second-order valence-electron chi connectivity index (χ2n) is 7.36. The first kappa shape index (κ1) is 16.9. The Morgan fingerprint density at radius 1 is 1.32 bits per heavy atom. The molecule has 0 N–H and O–H groups in total. The number of aryl methyl sites for hydroxylation is 1. The zero-order valence-electron chi connectivity index (χ0n) is 14.5. The topological polar surface area (TPSA) is 50.6 Å². The lowest BCUT2D eigenvalue weighted by atomic mass is 9.79. The van der Waals surface area contributed by atoms with Gasteiger partial charge in [-0.3, -0.25) is 9.69 Å². The van der Waals surface area contributed by atoms with Crippen molar-refractivity contribution in [3.05, 3.63) is 17.7 Å². The molecular formula is C17H24F2N4O2. The number of carbonyl (C=O) groups excluding carboxylic acids is 1. The number of ether oxygens (including phenoxy) is 1. The van der Waals surface area contributed by atoms with Crippen LogP contribution < -0.4 is 0 Å². The van der Waals surface area contributed by atoms with E-state index in [1.165, 1.54) is 0 Å². The summed E-state index contributed by atoms with van der Waals surface area (Å²) in [5.41, 5.74) is 2.06. The molecular weight excluding hydrogens is 330 g/mol. The Morgan fingerprint density at radius 2 is 2.04 bits per heavy atom. The van der Waals surface area contributed by atoms with Gasteiger partial charge in [0.25, 0.3) is 0 Å². The van der Waals surface area contributed by atoms with Crippen LogP contribution in [-0.2, 0) is 23.0 Å². The Balaban J connectivity index is 1.55. The Morgan fingerprint density at radius 3 is 2.72 bits per heavy atom. The van der Waals surface area contributed by atoms with Crippen LogP contribution in [0.4, 0.5) is 8.78 Å². The number of morpholine rings is 1. The van der Waals surface area contributed by atoms with Gasteiger partial charge < -0.3 is 14.2 Å². The molecule has 1 saturated heterocycles. The van der Waals surface area contributed by atoms with Crippen molar-refractivity contribution in [2.75, 3.05) is 39.4 Å². The van der Waals surface area contributed by atoms with Gasteiger partial charge >= 0.3 is 0 Å². The number of hydrogen-bond donors (Lipinski definition) is 0. The third kappa shape index (κ3) is 3.17. The first-order valence-corrected chi connectivity index (χ1v) is 8.93. The molecule has 6 nitrogen and oxygen atoms in total. The molecule has 1 saturated carbocycles. The van der Waals surface area contributed by atoms with Crippen molar-refractivity contribution < 1.29 is 18.3 Å². The summed E-state index contributed by atoms with van der Waals surface area (Å²) in [6, 6.07) is -0.162. The van der Waals surface area contributed by atoms with Gasteiger partial charge in [-0.1, -0.05) is 0 Å². The monoisotopic (exact) mass is 354 g/mol. The maximum absolute atomic E-state index is 13.2. The van der Waals surface area contributed by atoms with Gasteiger partial charge in [0.15, 0.2) is 0 Å². The lowest BCUT2D eigenvalue weighted by Crippen LogP contribution is -2.52. The van der Waals surface area contributed by atoms with Gasteiger partial charge in [0.2, 0.25) is 11.8 Å². The zero-order chi connectivity index (χ0) is 17.6. The van der Waals surface area contributed by atoms with E-state index in [2.05, 4.69) is 9.88 Å². The number of carbonyl (C=O) groups is 1. The fourth-order valence-electron chi connectivity index (χ4n) is 4.13. The number of aromatic nitrogens is 2. The predicted octanol–water partition coefficient (Wildman–Crippen LogP) is 1.22. The second kappa shape index (κ2) is 6.32. The van der Waals surface area contributed by atoms with Crippen LogP contribution >= 0.6 is 0 Å². The molecule has 1 aromatic rings. The highest BCUT2D eigenvalue weighted by Gasteiger charge is 2.51. The molecule has 1 aliphatic carbocycles. The van der Waals surface area contributed by atoms with Crippen molar-refractivity contribution in [3.8, 4) is 0 Å². The van der Waals surface area contributed by atoms with E-state index < -0.39 is 11.8 Å². The molecule has 3 aliphatic rings. The van der Waals surface area contributed by atoms with E-state index in [-0.39, 0.29) is 24.8 Å². The van der Waals surface area contributed by atoms with Gasteiger partial charge in [0, 0.05) is 64.1 Å². The smallest absolute Gasteiger partial charge is 0.249 e. The average molecular weight is 354 g/mol. The number of imidazole rings is 1. The van der Waals surface area contributed by atoms with Crippen molar-refractivity contribution in [3.63, 3.8) is 0 Å². The lowest BCUT2D eigenvalue weighted by Gasteiger charge is -2.43. The molecule has 25 heavy (non-hydrogen) atoms. The first-order valence-electron chi connectivity index (χ1n) is 8.93. The summed E-state index contributed by atoms with van der Waals surface area (Å²) in [6.07, 6.45) is 1.87. The molecule has 2 fully saturated rings. The Bertz CT molecular complexity index is 649. The largest absolute Gasteiger partial charge is 0.379 e. The van der Waals surface area contributed by atoms with Crippen LogP contribution in [0.5, 0.6) is 0 Å². The summed E-state index contributed by atoms with van der Waals surface area (Å²) in [5.74, 6) is -3.36. The van der Waals surface area contributed by atoms with E-state index in [0.29, 0.717) is 26.3 Å². The van der Waals surface area contributed by atoms with Crippen molar-refractivity contribution in [1.29, 1.82) is 0 Å². The fourth-order valence-corrected chi connectivity index (χ4v) is 4.13. The van der Waals surface area contributed by atoms with Gasteiger partial charge in [0.05, 0.1) is 31.3 Å². The first-order chi connectivity index (χ1) is 11.9. The zero-order valence-corrected chi connectivity index (χ0v) is 14.5. The lowest BCUT2D eigenvalue weighted by molar-refractivity contribution is -0.163. The number of halogens is 2. The summed E-state index contributed by atoms with van der Waals surface area (Å²) in [6.45, 7) is 4.27. The van der Waals surface area contributed by atoms with Crippen LogP contribution in [0.2, 0.25) is 0 Å². The normalized spacial score (nSPS) is 27.0. The molecule has 4 rings (SSSR count). The highest BCUT2D eigenvalue weighted by atomic mass is 19.3. The highest BCUT2D eigenvalue weighted by Crippen LogP contribution is 2.44. The minimum atomic E-state index is -2.67. The summed E-state index contributed by atoms with van der Waals surface area (Å²) >= 11 is 0. The SMILES string of the molecule is Cn1cnc2c1CCN(C(=O)C1CC(F)(F)C1)C2CN1CCOCC1. The van der Waals surface area contributed by atoms with E-state index >= 15 is 0 Å². The van der Waals surface area contributed by atoms with Crippen LogP contribution in [0.1, 0.15) is 30.3 Å². The van der Waals surface area contributed by atoms with Crippen molar-refractivity contribution in [1.82, 2.24) is 19.4 Å². The number of fused-ring (bicyclic) bond motifs is 1. The Kier molecular flexibility index (Phi) is 4.27. The summed E-state index contributed by atoms with van der Waals surface area (Å²) < 4.78 is 33.8. The fraction of sp³-hybridized carbons (Fsp3) is 0.765. The van der Waals surface area contributed by atoms with E-state index in [1.807, 2.05) is 11.6 Å². The molecule has 1 atom stereocenters. The molecule has 138 valence electrons. The van der Waals surface area contributed by atoms with Crippen molar-refractivity contribution in [2.45, 2.75) is 31.2 Å². The molecule has 3 heterocycles.